The highest BCUT2D eigenvalue weighted by Gasteiger charge is 2.31. The van der Waals surface area contributed by atoms with Gasteiger partial charge >= 0.3 is 0 Å². The summed E-state index contributed by atoms with van der Waals surface area (Å²) in [5.74, 6) is 1.84. The molecule has 2 unspecified atom stereocenters. The molecule has 3 rings (SSSR count). The van der Waals surface area contributed by atoms with Crippen molar-refractivity contribution in [2.45, 2.75) is 32.3 Å². The number of aryl methyl sites for hydroxylation is 1. The second-order valence-corrected chi connectivity index (χ2v) is 5.79. The number of likely N-dealkylation sites (tertiary alicyclic amines) is 1. The van der Waals surface area contributed by atoms with Gasteiger partial charge in [0.05, 0.1) is 6.61 Å². The highest BCUT2D eigenvalue weighted by atomic mass is 16.5. The number of carbonyl (C=O) groups excluding carboxylic acids is 1. The van der Waals surface area contributed by atoms with Gasteiger partial charge in [-0.2, -0.15) is 4.98 Å². The fourth-order valence-electron chi connectivity index (χ4n) is 3.04. The zero-order valence-corrected chi connectivity index (χ0v) is 12.4. The fraction of sp³-hybridized carbons (Fsp3) is 0.786. The second kappa shape index (κ2) is 6.53. The van der Waals surface area contributed by atoms with Crippen LogP contribution >= 0.6 is 0 Å². The monoisotopic (exact) mass is 294 g/mol. The molecule has 2 atom stereocenters. The van der Waals surface area contributed by atoms with Gasteiger partial charge in [0.2, 0.25) is 5.89 Å². The highest BCUT2D eigenvalue weighted by Crippen LogP contribution is 2.21. The summed E-state index contributed by atoms with van der Waals surface area (Å²) < 4.78 is 10.6. The Balaban J connectivity index is 1.56. The minimum Gasteiger partial charge on any atom is -0.366 e. The SMILES string of the molecule is Cc1nc(CC2CCCN(C(=O)C3CNCCO3)C2)no1. The van der Waals surface area contributed by atoms with Gasteiger partial charge in [-0.3, -0.25) is 4.79 Å². The molecule has 2 aliphatic rings. The quantitative estimate of drug-likeness (QED) is 0.854. The first-order chi connectivity index (χ1) is 10.2. The van der Waals surface area contributed by atoms with E-state index < -0.39 is 0 Å². The normalized spacial score (nSPS) is 26.8. The number of carbonyl (C=O) groups is 1. The van der Waals surface area contributed by atoms with E-state index in [1.54, 1.807) is 6.92 Å². The van der Waals surface area contributed by atoms with Crippen LogP contribution in [0.3, 0.4) is 0 Å². The van der Waals surface area contributed by atoms with Crippen LogP contribution in [0.15, 0.2) is 4.52 Å². The van der Waals surface area contributed by atoms with Gasteiger partial charge in [0.15, 0.2) is 5.82 Å². The van der Waals surface area contributed by atoms with E-state index in [-0.39, 0.29) is 12.0 Å². The number of aromatic nitrogens is 2. The molecule has 1 amide bonds. The lowest BCUT2D eigenvalue weighted by atomic mass is 9.94. The average molecular weight is 294 g/mol. The van der Waals surface area contributed by atoms with Crippen molar-refractivity contribution in [1.82, 2.24) is 20.4 Å². The van der Waals surface area contributed by atoms with Gasteiger partial charge in [0.25, 0.3) is 5.91 Å². The van der Waals surface area contributed by atoms with Crippen LogP contribution in [0.4, 0.5) is 0 Å². The molecule has 3 heterocycles. The summed E-state index contributed by atoms with van der Waals surface area (Å²) in [6.07, 6.45) is 2.56. The van der Waals surface area contributed by atoms with E-state index in [9.17, 15) is 4.79 Å². The molecule has 0 aliphatic carbocycles. The highest BCUT2D eigenvalue weighted by molar-refractivity contribution is 5.81. The fourth-order valence-corrected chi connectivity index (χ4v) is 3.04. The van der Waals surface area contributed by atoms with Crippen LogP contribution in [-0.4, -0.2) is 59.8 Å². The summed E-state index contributed by atoms with van der Waals surface area (Å²) in [5.41, 5.74) is 0. The van der Waals surface area contributed by atoms with Crippen LogP contribution in [0.5, 0.6) is 0 Å². The van der Waals surface area contributed by atoms with Crippen molar-refractivity contribution in [2.75, 3.05) is 32.8 Å². The lowest BCUT2D eigenvalue weighted by molar-refractivity contribution is -0.147. The van der Waals surface area contributed by atoms with Crippen molar-refractivity contribution in [3.05, 3.63) is 11.7 Å². The summed E-state index contributed by atoms with van der Waals surface area (Å²) in [6.45, 7) is 5.41. The molecule has 0 radical (unpaired) electrons. The van der Waals surface area contributed by atoms with Crippen LogP contribution in [0.25, 0.3) is 0 Å². The Morgan fingerprint density at radius 3 is 3.14 bits per heavy atom. The Hall–Kier alpha value is -1.47. The maximum Gasteiger partial charge on any atom is 0.253 e. The number of amides is 1. The second-order valence-electron chi connectivity index (χ2n) is 5.79. The standard InChI is InChI=1S/C14H22N4O3/c1-10-16-13(17-21-10)7-11-3-2-5-18(9-11)14(19)12-8-15-4-6-20-12/h11-12,15H,2-9H2,1H3. The molecule has 1 N–H and O–H groups in total. The largest absolute Gasteiger partial charge is 0.366 e. The van der Waals surface area contributed by atoms with Gasteiger partial charge in [0.1, 0.15) is 6.10 Å². The Morgan fingerprint density at radius 1 is 1.52 bits per heavy atom. The minimum absolute atomic E-state index is 0.108. The smallest absolute Gasteiger partial charge is 0.253 e. The minimum atomic E-state index is -0.329. The molecular formula is C14H22N4O3. The third-order valence-electron chi connectivity index (χ3n) is 4.07. The molecule has 21 heavy (non-hydrogen) atoms. The van der Waals surface area contributed by atoms with Crippen molar-refractivity contribution in [3.8, 4) is 0 Å². The molecule has 7 nitrogen and oxygen atoms in total. The molecule has 0 aromatic carbocycles. The van der Waals surface area contributed by atoms with Gasteiger partial charge < -0.3 is 19.5 Å². The zero-order valence-electron chi connectivity index (χ0n) is 12.4. The molecule has 116 valence electrons. The molecule has 7 heteroatoms. The van der Waals surface area contributed by atoms with Crippen LogP contribution in [0.2, 0.25) is 0 Å². The van der Waals surface area contributed by atoms with Gasteiger partial charge in [-0.25, -0.2) is 0 Å². The summed E-state index contributed by atoms with van der Waals surface area (Å²) in [4.78, 5) is 18.6. The van der Waals surface area contributed by atoms with Crippen molar-refractivity contribution in [2.24, 2.45) is 5.92 Å². The zero-order chi connectivity index (χ0) is 14.7. The van der Waals surface area contributed by atoms with Crippen molar-refractivity contribution < 1.29 is 14.1 Å². The Bertz CT molecular complexity index is 484. The molecule has 2 fully saturated rings. The molecule has 0 bridgehead atoms. The van der Waals surface area contributed by atoms with Gasteiger partial charge in [0, 0.05) is 39.5 Å². The van der Waals surface area contributed by atoms with Crippen LogP contribution in [-0.2, 0) is 16.0 Å². The lowest BCUT2D eigenvalue weighted by Crippen LogP contribution is -2.52. The van der Waals surface area contributed by atoms with Gasteiger partial charge in [-0.1, -0.05) is 5.16 Å². The van der Waals surface area contributed by atoms with Crippen LogP contribution in [0, 0.1) is 12.8 Å². The number of ether oxygens (including phenoxy) is 1. The topological polar surface area (TPSA) is 80.5 Å². The van der Waals surface area contributed by atoms with E-state index in [0.29, 0.717) is 25.0 Å². The Kier molecular flexibility index (Phi) is 4.50. The van der Waals surface area contributed by atoms with Crippen LogP contribution < -0.4 is 5.32 Å². The molecule has 0 saturated carbocycles. The van der Waals surface area contributed by atoms with Crippen molar-refractivity contribution in [1.29, 1.82) is 0 Å². The predicted octanol–water partition coefficient (Wildman–Crippen LogP) is 0.148. The molecule has 1 aromatic heterocycles. The number of piperidine rings is 1. The van der Waals surface area contributed by atoms with Crippen LogP contribution in [0.1, 0.15) is 24.6 Å². The molecule has 0 spiro atoms. The predicted molar refractivity (Wildman–Crippen MR) is 74.7 cm³/mol. The number of nitrogens with zero attached hydrogens (tertiary/aromatic N) is 3. The van der Waals surface area contributed by atoms with Crippen molar-refractivity contribution in [3.63, 3.8) is 0 Å². The van der Waals surface area contributed by atoms with E-state index in [4.69, 9.17) is 9.26 Å². The first-order valence-corrected chi connectivity index (χ1v) is 7.62. The molecule has 1 aromatic rings. The summed E-state index contributed by atoms with van der Waals surface area (Å²) >= 11 is 0. The Morgan fingerprint density at radius 2 is 2.43 bits per heavy atom. The Labute approximate surface area is 124 Å². The maximum absolute atomic E-state index is 12.5. The molecule has 2 aliphatic heterocycles. The maximum atomic E-state index is 12.5. The van der Waals surface area contributed by atoms with E-state index in [2.05, 4.69) is 15.5 Å². The average Bonchev–Trinajstić information content (AvgIpc) is 2.93. The van der Waals surface area contributed by atoms with Crippen molar-refractivity contribution >= 4 is 5.91 Å². The van der Waals surface area contributed by atoms with E-state index in [1.165, 1.54) is 0 Å². The van der Waals surface area contributed by atoms with Gasteiger partial charge in [-0.15, -0.1) is 0 Å². The summed E-state index contributed by atoms with van der Waals surface area (Å²) in [5, 5.41) is 7.15. The molecule has 2 saturated heterocycles. The summed E-state index contributed by atoms with van der Waals surface area (Å²) in [6, 6.07) is 0. The number of hydrogen-bond acceptors (Lipinski definition) is 6. The van der Waals surface area contributed by atoms with E-state index in [1.807, 2.05) is 4.90 Å². The number of hydrogen-bond donors (Lipinski definition) is 1. The third kappa shape index (κ3) is 3.59. The summed E-state index contributed by atoms with van der Waals surface area (Å²) in [7, 11) is 0. The lowest BCUT2D eigenvalue weighted by Gasteiger charge is -2.35. The number of nitrogens with one attached hydrogen (secondary N) is 1. The number of rotatable bonds is 3. The first kappa shape index (κ1) is 14.5. The van der Waals surface area contributed by atoms with E-state index >= 15 is 0 Å². The van der Waals surface area contributed by atoms with E-state index in [0.717, 1.165) is 44.7 Å². The number of morpholine rings is 1. The van der Waals surface area contributed by atoms with Gasteiger partial charge in [-0.05, 0) is 18.8 Å². The molecular weight excluding hydrogens is 272 g/mol. The first-order valence-electron chi connectivity index (χ1n) is 7.62. The third-order valence-corrected chi connectivity index (χ3v) is 4.07.